The van der Waals surface area contributed by atoms with Crippen molar-refractivity contribution in [2.45, 2.75) is 32.4 Å². The summed E-state index contributed by atoms with van der Waals surface area (Å²) in [5.74, 6) is -2.35. The normalized spacial score (nSPS) is 13.0. The average Bonchev–Trinajstić information content (AvgIpc) is 2.62. The molecule has 0 saturated carbocycles. The van der Waals surface area contributed by atoms with E-state index in [0.29, 0.717) is 5.56 Å². The van der Waals surface area contributed by atoms with Crippen LogP contribution in [0.25, 0.3) is 0 Å². The molecule has 27 heavy (non-hydrogen) atoms. The third-order valence-corrected chi connectivity index (χ3v) is 4.96. The number of hydrogen-bond acceptors (Lipinski definition) is 2. The summed E-state index contributed by atoms with van der Waals surface area (Å²) < 4.78 is 27.5. The number of carbonyl (C=O) groups excluding carboxylic acids is 2. The van der Waals surface area contributed by atoms with E-state index in [1.807, 2.05) is 24.3 Å². The monoisotopic (exact) mass is 438 g/mol. The molecule has 1 N–H and O–H groups in total. The highest BCUT2D eigenvalue weighted by molar-refractivity contribution is 9.10. The number of rotatable bonds is 6. The van der Waals surface area contributed by atoms with Crippen LogP contribution in [0.3, 0.4) is 0 Å². The Bertz CT molecular complexity index is 827. The molecule has 0 saturated heterocycles. The number of halogens is 3. The van der Waals surface area contributed by atoms with Crippen LogP contribution in [-0.2, 0) is 9.59 Å². The second-order valence-corrected chi connectivity index (χ2v) is 7.28. The molecule has 144 valence electrons. The molecule has 0 fully saturated rings. The maximum atomic E-state index is 13.5. The first kappa shape index (κ1) is 21.0. The van der Waals surface area contributed by atoms with Gasteiger partial charge in [0.15, 0.2) is 11.6 Å². The Morgan fingerprint density at radius 3 is 2.22 bits per heavy atom. The maximum absolute atomic E-state index is 13.5. The highest BCUT2D eigenvalue weighted by Gasteiger charge is 2.23. The van der Waals surface area contributed by atoms with Gasteiger partial charge in [0.05, 0.1) is 18.5 Å². The van der Waals surface area contributed by atoms with Gasteiger partial charge in [-0.1, -0.05) is 34.1 Å². The van der Waals surface area contributed by atoms with E-state index in [1.54, 1.807) is 14.0 Å². The molecule has 7 heteroatoms. The fraction of sp³-hybridized carbons (Fsp3) is 0.300. The van der Waals surface area contributed by atoms with Crippen LogP contribution in [0, 0.1) is 11.6 Å². The van der Waals surface area contributed by atoms with Crippen LogP contribution in [0.5, 0.6) is 0 Å². The smallest absolute Gasteiger partial charge is 0.225 e. The van der Waals surface area contributed by atoms with E-state index in [0.717, 1.165) is 22.2 Å². The van der Waals surface area contributed by atoms with Gasteiger partial charge in [0, 0.05) is 18.4 Å². The lowest BCUT2D eigenvalue weighted by Crippen LogP contribution is -2.35. The lowest BCUT2D eigenvalue weighted by Gasteiger charge is -2.28. The summed E-state index contributed by atoms with van der Waals surface area (Å²) in [7, 11) is 1.60. The molecular formula is C20H21BrF2N2O2. The van der Waals surface area contributed by atoms with Gasteiger partial charge in [0.1, 0.15) is 0 Å². The van der Waals surface area contributed by atoms with Gasteiger partial charge in [-0.05, 0) is 42.3 Å². The molecule has 2 unspecified atom stereocenters. The lowest BCUT2D eigenvalue weighted by atomic mass is 10.0. The summed E-state index contributed by atoms with van der Waals surface area (Å²) >= 11 is 3.36. The fourth-order valence-electron chi connectivity index (χ4n) is 2.72. The predicted molar refractivity (Wildman–Crippen MR) is 103 cm³/mol. The molecule has 0 aromatic heterocycles. The van der Waals surface area contributed by atoms with Gasteiger partial charge >= 0.3 is 0 Å². The van der Waals surface area contributed by atoms with Crippen LogP contribution in [0.2, 0.25) is 0 Å². The van der Waals surface area contributed by atoms with Crippen molar-refractivity contribution in [3.63, 3.8) is 0 Å². The van der Waals surface area contributed by atoms with Crippen LogP contribution in [0.1, 0.15) is 43.5 Å². The number of benzene rings is 2. The molecule has 2 aromatic rings. The van der Waals surface area contributed by atoms with Crippen molar-refractivity contribution in [1.29, 1.82) is 0 Å². The van der Waals surface area contributed by atoms with Crippen molar-refractivity contribution in [1.82, 2.24) is 10.2 Å². The molecule has 0 spiro atoms. The Hall–Kier alpha value is -2.28. The fourth-order valence-corrected chi connectivity index (χ4v) is 2.99. The maximum Gasteiger partial charge on any atom is 0.225 e. The van der Waals surface area contributed by atoms with Crippen LogP contribution < -0.4 is 5.32 Å². The number of amides is 2. The minimum Gasteiger partial charge on any atom is -0.349 e. The van der Waals surface area contributed by atoms with Gasteiger partial charge in [-0.15, -0.1) is 0 Å². The first-order valence-electron chi connectivity index (χ1n) is 8.42. The minimum atomic E-state index is -0.953. The first-order chi connectivity index (χ1) is 12.7. The van der Waals surface area contributed by atoms with Gasteiger partial charge in [0.25, 0.3) is 0 Å². The molecule has 0 heterocycles. The van der Waals surface area contributed by atoms with E-state index >= 15 is 0 Å². The summed E-state index contributed by atoms with van der Waals surface area (Å²) in [4.78, 5) is 25.7. The zero-order valence-electron chi connectivity index (χ0n) is 15.3. The second kappa shape index (κ2) is 9.08. The molecular weight excluding hydrogens is 418 g/mol. The zero-order valence-corrected chi connectivity index (χ0v) is 16.9. The third kappa shape index (κ3) is 5.60. The van der Waals surface area contributed by atoms with Crippen molar-refractivity contribution >= 4 is 27.7 Å². The van der Waals surface area contributed by atoms with Crippen LogP contribution in [0.15, 0.2) is 46.9 Å². The van der Waals surface area contributed by atoms with Gasteiger partial charge in [-0.25, -0.2) is 8.78 Å². The zero-order chi connectivity index (χ0) is 20.1. The largest absolute Gasteiger partial charge is 0.349 e. The SMILES string of the molecule is CC(=O)NC(CC(=O)N(C)C(C)c1ccc(F)c(F)c1)c1ccc(Br)cc1. The Morgan fingerprint density at radius 1 is 1.07 bits per heavy atom. The number of nitrogens with one attached hydrogen (secondary N) is 1. The third-order valence-electron chi connectivity index (χ3n) is 4.43. The highest BCUT2D eigenvalue weighted by atomic mass is 79.9. The van der Waals surface area contributed by atoms with E-state index in [-0.39, 0.29) is 18.2 Å². The Labute approximate surface area is 165 Å². The van der Waals surface area contributed by atoms with Gasteiger partial charge in [0.2, 0.25) is 11.8 Å². The summed E-state index contributed by atoms with van der Waals surface area (Å²) in [6.45, 7) is 3.13. The summed E-state index contributed by atoms with van der Waals surface area (Å²) in [6, 6.07) is 9.98. The quantitative estimate of drug-likeness (QED) is 0.720. The predicted octanol–water partition coefficient (Wildman–Crippen LogP) is 4.51. The van der Waals surface area contributed by atoms with Crippen LogP contribution in [-0.4, -0.2) is 23.8 Å². The number of carbonyl (C=O) groups is 2. The van der Waals surface area contributed by atoms with Crippen LogP contribution >= 0.6 is 15.9 Å². The topological polar surface area (TPSA) is 49.4 Å². The number of hydrogen-bond donors (Lipinski definition) is 1. The summed E-state index contributed by atoms with van der Waals surface area (Å²) in [6.07, 6.45) is 0.0474. The summed E-state index contributed by atoms with van der Waals surface area (Å²) in [5.41, 5.74) is 1.29. The van der Waals surface area contributed by atoms with Crippen molar-refractivity contribution < 1.29 is 18.4 Å². The molecule has 0 aliphatic rings. The van der Waals surface area contributed by atoms with E-state index in [2.05, 4.69) is 21.2 Å². The minimum absolute atomic E-state index is 0.0474. The first-order valence-corrected chi connectivity index (χ1v) is 9.21. The van der Waals surface area contributed by atoms with Crippen molar-refractivity contribution in [2.24, 2.45) is 0 Å². The van der Waals surface area contributed by atoms with E-state index in [9.17, 15) is 18.4 Å². The average molecular weight is 439 g/mol. The molecule has 2 atom stereocenters. The Kier molecular flexibility index (Phi) is 7.07. The van der Waals surface area contributed by atoms with Gasteiger partial charge in [-0.2, -0.15) is 0 Å². The van der Waals surface area contributed by atoms with Crippen molar-refractivity contribution in [3.05, 3.63) is 69.7 Å². The standard InChI is InChI=1S/C20H21BrF2N2O2/c1-12(15-6-9-17(22)18(23)10-15)25(3)20(27)11-19(24-13(2)26)14-4-7-16(21)8-5-14/h4-10,12,19H,11H2,1-3H3,(H,24,26). The molecule has 2 amide bonds. The molecule has 2 rings (SSSR count). The van der Waals surface area contributed by atoms with Crippen molar-refractivity contribution in [2.75, 3.05) is 7.05 Å². The highest BCUT2D eigenvalue weighted by Crippen LogP contribution is 2.25. The van der Waals surface area contributed by atoms with Crippen molar-refractivity contribution in [3.8, 4) is 0 Å². The van der Waals surface area contributed by atoms with Gasteiger partial charge in [-0.3, -0.25) is 9.59 Å². The Balaban J connectivity index is 2.16. The molecule has 0 bridgehead atoms. The Morgan fingerprint density at radius 2 is 1.67 bits per heavy atom. The van der Waals surface area contributed by atoms with Crippen LogP contribution in [0.4, 0.5) is 8.78 Å². The van der Waals surface area contributed by atoms with Gasteiger partial charge < -0.3 is 10.2 Å². The van der Waals surface area contributed by atoms with E-state index in [4.69, 9.17) is 0 Å². The molecule has 0 aliphatic carbocycles. The molecule has 0 radical (unpaired) electrons. The van der Waals surface area contributed by atoms with E-state index in [1.165, 1.54) is 17.9 Å². The summed E-state index contributed by atoms with van der Waals surface area (Å²) in [5, 5.41) is 2.79. The molecule has 0 aliphatic heterocycles. The molecule has 4 nitrogen and oxygen atoms in total. The second-order valence-electron chi connectivity index (χ2n) is 6.36. The number of nitrogens with zero attached hydrogens (tertiary/aromatic N) is 1. The van der Waals surface area contributed by atoms with E-state index < -0.39 is 23.7 Å². The molecule has 2 aromatic carbocycles. The lowest BCUT2D eigenvalue weighted by molar-refractivity contribution is -0.132.